The van der Waals surface area contributed by atoms with E-state index in [1.54, 1.807) is 31.3 Å². The summed E-state index contributed by atoms with van der Waals surface area (Å²) in [4.78, 5) is 53.5. The number of thiocarbonyl (C=S) groups is 2. The van der Waals surface area contributed by atoms with E-state index < -0.39 is 12.0 Å². The van der Waals surface area contributed by atoms with Crippen molar-refractivity contribution in [2.24, 2.45) is 0 Å². The van der Waals surface area contributed by atoms with E-state index in [4.69, 9.17) is 45.5 Å². The van der Waals surface area contributed by atoms with Gasteiger partial charge in [0.2, 0.25) is 0 Å². The number of amides is 2. The smallest absolute Gasteiger partial charge is 0.335 e. The van der Waals surface area contributed by atoms with E-state index in [0.717, 1.165) is 81.5 Å². The molecule has 71 heavy (non-hydrogen) atoms. The first kappa shape index (κ1) is 46.8. The predicted octanol–water partition coefficient (Wildman–Crippen LogP) is 11.5. The average Bonchev–Trinajstić information content (AvgIpc) is 4.08. The molecule has 2 aromatic heterocycles. The number of aromatic amines is 2. The van der Waals surface area contributed by atoms with Crippen LogP contribution in [0, 0.1) is 0 Å². The third-order valence-corrected chi connectivity index (χ3v) is 15.8. The molecule has 0 spiro atoms. The van der Waals surface area contributed by atoms with Crippen LogP contribution in [-0.4, -0.2) is 84.1 Å². The molecule has 4 aliphatic rings. The number of carbonyl (C=O) groups is 3. The number of carbonyl (C=O) groups excluding carboxylic acids is 2. The molecule has 12 rings (SSSR count). The third kappa shape index (κ3) is 8.15. The van der Waals surface area contributed by atoms with Gasteiger partial charge in [0.15, 0.2) is 10.2 Å². The quantitative estimate of drug-likeness (QED) is 0.126. The number of carboxylic acids is 1. The van der Waals surface area contributed by atoms with Crippen molar-refractivity contribution >= 4 is 123 Å². The van der Waals surface area contributed by atoms with Crippen LogP contribution in [0.5, 0.6) is 11.5 Å². The van der Waals surface area contributed by atoms with Crippen molar-refractivity contribution in [3.63, 3.8) is 0 Å². The number of methoxy groups -OCH3 is 2. The van der Waals surface area contributed by atoms with E-state index in [2.05, 4.69) is 64.9 Å². The van der Waals surface area contributed by atoms with E-state index in [9.17, 15) is 19.5 Å². The number of nitrogens with zero attached hydrogens (tertiary/aromatic N) is 4. The van der Waals surface area contributed by atoms with Gasteiger partial charge < -0.3 is 34.3 Å². The van der Waals surface area contributed by atoms with E-state index >= 15 is 0 Å². The number of hydrogen-bond donors (Lipinski definition) is 3. The van der Waals surface area contributed by atoms with Crippen LogP contribution in [0.15, 0.2) is 142 Å². The molecule has 2 amide bonds. The number of fused-ring (bicyclic) bond motifs is 8. The first-order valence-corrected chi connectivity index (χ1v) is 25.4. The number of nitrogens with one attached hydrogen (secondary N) is 2. The fourth-order valence-corrected chi connectivity index (χ4v) is 12.1. The lowest BCUT2D eigenvalue weighted by Gasteiger charge is -2.37. The molecule has 3 N–H and O–H groups in total. The van der Waals surface area contributed by atoms with Crippen LogP contribution in [0.4, 0.5) is 5.69 Å². The average molecular weight is 1130 g/mol. The Labute approximate surface area is 440 Å². The molecule has 0 radical (unpaired) electrons. The van der Waals surface area contributed by atoms with Gasteiger partial charge in [0, 0.05) is 60.0 Å². The van der Waals surface area contributed by atoms with Gasteiger partial charge in [-0.25, -0.2) is 4.79 Å². The Balaban J connectivity index is 0.000000154. The summed E-state index contributed by atoms with van der Waals surface area (Å²) >= 11 is 25.1. The van der Waals surface area contributed by atoms with Gasteiger partial charge in [-0.3, -0.25) is 19.4 Å². The zero-order chi connectivity index (χ0) is 49.4. The Hall–Kier alpha value is -6.56. The van der Waals surface area contributed by atoms with Gasteiger partial charge in [-0.2, -0.15) is 0 Å². The summed E-state index contributed by atoms with van der Waals surface area (Å²) in [5.41, 5.74) is 10.1. The molecule has 0 aliphatic carbocycles. The lowest BCUT2D eigenvalue weighted by Crippen LogP contribution is -2.44. The molecule has 6 heterocycles. The summed E-state index contributed by atoms with van der Waals surface area (Å²) in [6.07, 6.45) is 1.09. The minimum Gasteiger partial charge on any atom is -0.497 e. The number of anilines is 1. The Morgan fingerprint density at radius 2 is 1.14 bits per heavy atom. The molecule has 0 saturated carbocycles. The third-order valence-electron chi connectivity index (χ3n) is 13.8. The number of benzene rings is 6. The molecular weight excluding hydrogens is 1090 g/mol. The molecular formula is C54H41Br2ClN6O6S2. The number of halogens is 3. The molecule has 356 valence electrons. The van der Waals surface area contributed by atoms with Gasteiger partial charge in [0.1, 0.15) is 23.6 Å². The van der Waals surface area contributed by atoms with E-state index in [1.165, 1.54) is 17.0 Å². The standard InChI is InChI=1S/C27H21BrClN3O2S.C27H20BrN3O4S/c1-34-19-9-4-16(5-10-19)25-24-21(20-12-17(28)6-11-22(20)30-24)13-23-26(33)31(27(35)32(23)25)14-15-2-7-18(29)8-3-15;1-35-18-9-4-14(5-10-18)24-23-20(19-12-16(28)6-11-21(19)29-23)13-22-25(32)30(27(36)31(22)24)17-7-2-15(3-8-17)26(33)34/h2-12,23,25,30H,13-14H2,1H3;2-12,22,24,29H,13H2,1H3,(H,33,34). The second kappa shape index (κ2) is 18.6. The highest BCUT2D eigenvalue weighted by Crippen LogP contribution is 2.47. The Morgan fingerprint density at radius 3 is 1.62 bits per heavy atom. The topological polar surface area (TPSA) is 134 Å². The Kier molecular flexibility index (Phi) is 12.2. The number of H-pyrrole nitrogens is 2. The number of ether oxygens (including phenoxy) is 2. The zero-order valence-electron chi connectivity index (χ0n) is 37.9. The molecule has 6 aromatic carbocycles. The maximum atomic E-state index is 13.8. The molecule has 0 bridgehead atoms. The Morgan fingerprint density at radius 1 is 0.662 bits per heavy atom. The predicted molar refractivity (Wildman–Crippen MR) is 288 cm³/mol. The summed E-state index contributed by atoms with van der Waals surface area (Å²) in [5, 5.41) is 13.1. The number of aromatic nitrogens is 2. The van der Waals surface area contributed by atoms with Crippen LogP contribution in [-0.2, 0) is 29.0 Å². The van der Waals surface area contributed by atoms with Gasteiger partial charge in [0.25, 0.3) is 11.8 Å². The first-order valence-electron chi connectivity index (χ1n) is 22.6. The van der Waals surface area contributed by atoms with E-state index in [1.807, 2.05) is 95.9 Å². The van der Waals surface area contributed by atoms with Gasteiger partial charge in [-0.15, -0.1) is 0 Å². The molecule has 4 atom stereocenters. The summed E-state index contributed by atoms with van der Waals surface area (Å²) in [5.74, 6) is 0.402. The highest BCUT2D eigenvalue weighted by molar-refractivity contribution is 9.10. The fourth-order valence-electron chi connectivity index (χ4n) is 10.4. The van der Waals surface area contributed by atoms with E-state index in [-0.39, 0.29) is 35.5 Å². The number of hydrogen-bond acceptors (Lipinski definition) is 7. The fraction of sp³-hybridized carbons (Fsp3) is 0.167. The van der Waals surface area contributed by atoms with Gasteiger partial charge in [0.05, 0.1) is 44.1 Å². The van der Waals surface area contributed by atoms with Crippen molar-refractivity contribution in [2.75, 3.05) is 19.1 Å². The normalized spacial score (nSPS) is 19.1. The molecule has 2 fully saturated rings. The SMILES string of the molecule is COc1ccc(C2c3[nH]c4ccc(Br)cc4c3CC3C(=O)N(Cc4ccc(Cl)cc4)C(=S)N32)cc1.COc1ccc(C2c3[nH]c4ccc(Br)cc4c3CC3C(=O)N(c4ccc(C(=O)O)cc4)C(=S)N32)cc1. The van der Waals surface area contributed by atoms with Crippen LogP contribution in [0.3, 0.4) is 0 Å². The summed E-state index contributed by atoms with van der Waals surface area (Å²) in [6, 6.07) is 40.5. The molecule has 4 unspecified atom stereocenters. The molecule has 17 heteroatoms. The highest BCUT2D eigenvalue weighted by Gasteiger charge is 2.52. The monoisotopic (exact) mass is 1130 g/mol. The van der Waals surface area contributed by atoms with Crippen molar-refractivity contribution in [1.82, 2.24) is 24.7 Å². The number of carboxylic acid groups (broad SMARTS) is 1. The molecule has 12 nitrogen and oxygen atoms in total. The van der Waals surface area contributed by atoms with Crippen LogP contribution in [0.25, 0.3) is 21.8 Å². The lowest BCUT2D eigenvalue weighted by atomic mass is 9.89. The van der Waals surface area contributed by atoms with Gasteiger partial charge in [-0.05, 0) is 149 Å². The molecule has 8 aromatic rings. The highest BCUT2D eigenvalue weighted by atomic mass is 79.9. The Bertz CT molecular complexity index is 3480. The van der Waals surface area contributed by atoms with Crippen molar-refractivity contribution in [1.29, 1.82) is 0 Å². The van der Waals surface area contributed by atoms with Crippen molar-refractivity contribution in [2.45, 2.75) is 43.6 Å². The molecule has 2 saturated heterocycles. The summed E-state index contributed by atoms with van der Waals surface area (Å²) in [7, 11) is 3.28. The van der Waals surface area contributed by atoms with Crippen molar-refractivity contribution in [3.05, 3.63) is 192 Å². The van der Waals surface area contributed by atoms with Gasteiger partial charge >= 0.3 is 5.97 Å². The minimum atomic E-state index is -1.02. The lowest BCUT2D eigenvalue weighted by molar-refractivity contribution is -0.128. The van der Waals surface area contributed by atoms with Crippen LogP contribution in [0.1, 0.15) is 61.6 Å². The largest absolute Gasteiger partial charge is 0.497 e. The second-order valence-corrected chi connectivity index (χ2v) is 20.7. The van der Waals surface area contributed by atoms with Crippen LogP contribution < -0.4 is 14.4 Å². The maximum Gasteiger partial charge on any atom is 0.335 e. The maximum absolute atomic E-state index is 13.8. The van der Waals surface area contributed by atoms with Crippen molar-refractivity contribution in [3.8, 4) is 11.5 Å². The zero-order valence-corrected chi connectivity index (χ0v) is 43.4. The van der Waals surface area contributed by atoms with Crippen LogP contribution in [0.2, 0.25) is 5.02 Å². The number of rotatable bonds is 8. The van der Waals surface area contributed by atoms with Crippen molar-refractivity contribution < 1.29 is 29.0 Å². The van der Waals surface area contributed by atoms with Crippen LogP contribution >= 0.6 is 67.9 Å². The minimum absolute atomic E-state index is 0.0264. The second-order valence-electron chi connectivity index (χ2n) is 17.7. The van der Waals surface area contributed by atoms with E-state index in [0.29, 0.717) is 40.3 Å². The summed E-state index contributed by atoms with van der Waals surface area (Å²) in [6.45, 7) is 0.414. The first-order chi connectivity index (χ1) is 34.3. The number of aromatic carboxylic acids is 1. The molecule has 4 aliphatic heterocycles. The van der Waals surface area contributed by atoms with Gasteiger partial charge in [-0.1, -0.05) is 79.9 Å². The summed E-state index contributed by atoms with van der Waals surface area (Å²) < 4.78 is 12.7.